The summed E-state index contributed by atoms with van der Waals surface area (Å²) in [6.45, 7) is 5.23. The lowest BCUT2D eigenvalue weighted by molar-refractivity contribution is 0.0925. The Kier molecular flexibility index (Phi) is 6.89. The predicted octanol–water partition coefficient (Wildman–Crippen LogP) is 3.79. The van der Waals surface area contributed by atoms with Crippen LogP contribution in [0.3, 0.4) is 0 Å². The van der Waals surface area contributed by atoms with Crippen LogP contribution in [0.15, 0.2) is 64.2 Å². The summed E-state index contributed by atoms with van der Waals surface area (Å²) in [6.07, 6.45) is 2.30. The van der Waals surface area contributed by atoms with E-state index in [9.17, 15) is 4.79 Å². The summed E-state index contributed by atoms with van der Waals surface area (Å²) in [5.74, 6) is 0.928. The zero-order valence-electron chi connectivity index (χ0n) is 17.2. The van der Waals surface area contributed by atoms with Gasteiger partial charge in [-0.3, -0.25) is 9.79 Å². The lowest BCUT2D eigenvalue weighted by atomic mass is 10.00. The van der Waals surface area contributed by atoms with Crippen molar-refractivity contribution in [3.8, 4) is 0 Å². The molecular formula is C23H28N4O2. The standard InChI is InChI=1S/C23H28N4O2/c1-16-12-15-29-21(16)22(28)25-13-7-14-26-23(24-3)27-17(2)19-11-6-9-18-8-4-5-10-20(18)19/h4-6,8-12,15,17H,7,13-14H2,1-3H3,(H,25,28)(H2,24,26,27). The maximum absolute atomic E-state index is 12.0. The van der Waals surface area contributed by atoms with Crippen molar-refractivity contribution in [2.75, 3.05) is 20.1 Å². The number of nitrogens with one attached hydrogen (secondary N) is 3. The summed E-state index contributed by atoms with van der Waals surface area (Å²) in [5, 5.41) is 12.1. The normalized spacial score (nSPS) is 12.6. The third kappa shape index (κ3) is 5.16. The Morgan fingerprint density at radius 1 is 1.07 bits per heavy atom. The van der Waals surface area contributed by atoms with Crippen molar-refractivity contribution >= 4 is 22.6 Å². The highest BCUT2D eigenvalue weighted by molar-refractivity contribution is 5.92. The number of aliphatic imine (C=N–C) groups is 1. The SMILES string of the molecule is CN=C(NCCCNC(=O)c1occc1C)NC(C)c1cccc2ccccc12. The van der Waals surface area contributed by atoms with E-state index in [1.54, 1.807) is 13.1 Å². The Morgan fingerprint density at radius 3 is 2.59 bits per heavy atom. The molecule has 1 heterocycles. The molecule has 1 atom stereocenters. The smallest absolute Gasteiger partial charge is 0.287 e. The molecule has 0 aliphatic carbocycles. The molecule has 1 amide bonds. The van der Waals surface area contributed by atoms with Gasteiger partial charge >= 0.3 is 0 Å². The Balaban J connectivity index is 1.47. The van der Waals surface area contributed by atoms with Crippen LogP contribution in [0.1, 0.15) is 41.1 Å². The molecule has 3 rings (SSSR count). The fourth-order valence-corrected chi connectivity index (χ4v) is 3.29. The van der Waals surface area contributed by atoms with Gasteiger partial charge in [-0.1, -0.05) is 42.5 Å². The Bertz CT molecular complexity index is 988. The second-order valence-electron chi connectivity index (χ2n) is 6.98. The number of fused-ring (bicyclic) bond motifs is 1. The number of furan rings is 1. The average Bonchev–Trinajstić information content (AvgIpc) is 3.17. The maximum Gasteiger partial charge on any atom is 0.287 e. The van der Waals surface area contributed by atoms with Gasteiger partial charge in [0.1, 0.15) is 0 Å². The minimum absolute atomic E-state index is 0.105. The van der Waals surface area contributed by atoms with Crippen molar-refractivity contribution in [2.24, 2.45) is 4.99 Å². The van der Waals surface area contributed by atoms with Crippen molar-refractivity contribution in [1.82, 2.24) is 16.0 Å². The number of benzene rings is 2. The monoisotopic (exact) mass is 392 g/mol. The van der Waals surface area contributed by atoms with Crippen LogP contribution < -0.4 is 16.0 Å². The van der Waals surface area contributed by atoms with Gasteiger partial charge < -0.3 is 20.4 Å². The number of aryl methyl sites for hydroxylation is 1. The van der Waals surface area contributed by atoms with Crippen LogP contribution in [0.2, 0.25) is 0 Å². The van der Waals surface area contributed by atoms with Crippen molar-refractivity contribution in [3.63, 3.8) is 0 Å². The third-order valence-corrected chi connectivity index (χ3v) is 4.87. The van der Waals surface area contributed by atoms with Crippen LogP contribution in [0, 0.1) is 6.92 Å². The van der Waals surface area contributed by atoms with Gasteiger partial charge in [0.25, 0.3) is 5.91 Å². The quantitative estimate of drug-likeness (QED) is 0.325. The topological polar surface area (TPSA) is 78.7 Å². The van der Waals surface area contributed by atoms with Gasteiger partial charge in [0.2, 0.25) is 0 Å². The predicted molar refractivity (Wildman–Crippen MR) is 117 cm³/mol. The largest absolute Gasteiger partial charge is 0.459 e. The summed E-state index contributed by atoms with van der Waals surface area (Å²) >= 11 is 0. The molecule has 3 aromatic rings. The van der Waals surface area contributed by atoms with Crippen LogP contribution in [0.5, 0.6) is 0 Å². The Morgan fingerprint density at radius 2 is 1.83 bits per heavy atom. The van der Waals surface area contributed by atoms with Crippen LogP contribution >= 0.6 is 0 Å². The minimum atomic E-state index is -0.181. The molecule has 6 heteroatoms. The van der Waals surface area contributed by atoms with E-state index >= 15 is 0 Å². The van der Waals surface area contributed by atoms with Crippen LogP contribution in [-0.4, -0.2) is 32.0 Å². The second-order valence-corrected chi connectivity index (χ2v) is 6.98. The number of rotatable bonds is 7. The van der Waals surface area contributed by atoms with Crippen molar-refractivity contribution in [1.29, 1.82) is 0 Å². The summed E-state index contributed by atoms with van der Waals surface area (Å²) in [7, 11) is 1.76. The Hall–Kier alpha value is -3.28. The molecule has 0 aliphatic heterocycles. The van der Waals surface area contributed by atoms with E-state index in [0.29, 0.717) is 18.8 Å². The molecule has 1 unspecified atom stereocenters. The molecule has 6 nitrogen and oxygen atoms in total. The highest BCUT2D eigenvalue weighted by atomic mass is 16.3. The van der Waals surface area contributed by atoms with E-state index in [0.717, 1.165) is 17.9 Å². The van der Waals surface area contributed by atoms with Gasteiger partial charge in [-0.15, -0.1) is 0 Å². The summed E-state index contributed by atoms with van der Waals surface area (Å²) < 4.78 is 5.20. The Labute approximate surface area is 171 Å². The average molecular weight is 393 g/mol. The number of carbonyl (C=O) groups excluding carboxylic acids is 1. The van der Waals surface area contributed by atoms with E-state index in [1.807, 2.05) is 6.92 Å². The van der Waals surface area contributed by atoms with Crippen molar-refractivity contribution in [3.05, 3.63) is 71.7 Å². The summed E-state index contributed by atoms with van der Waals surface area (Å²) in [4.78, 5) is 16.3. The highest BCUT2D eigenvalue weighted by Gasteiger charge is 2.12. The van der Waals surface area contributed by atoms with Crippen molar-refractivity contribution < 1.29 is 9.21 Å². The maximum atomic E-state index is 12.0. The number of guanidine groups is 1. The summed E-state index contributed by atoms with van der Waals surface area (Å²) in [5.41, 5.74) is 2.07. The third-order valence-electron chi connectivity index (χ3n) is 4.87. The first-order chi connectivity index (χ1) is 14.1. The first-order valence-electron chi connectivity index (χ1n) is 9.87. The number of carbonyl (C=O) groups is 1. The molecule has 0 fully saturated rings. The van der Waals surface area contributed by atoms with E-state index in [4.69, 9.17) is 4.42 Å². The molecule has 1 aromatic heterocycles. The molecule has 0 bridgehead atoms. The number of nitrogens with zero attached hydrogens (tertiary/aromatic N) is 1. The zero-order valence-corrected chi connectivity index (χ0v) is 17.2. The molecule has 0 aliphatic rings. The van der Waals surface area contributed by atoms with Gasteiger partial charge in [0, 0.05) is 25.7 Å². The summed E-state index contributed by atoms with van der Waals surface area (Å²) in [6, 6.07) is 16.6. The number of hydrogen-bond acceptors (Lipinski definition) is 3. The fourth-order valence-electron chi connectivity index (χ4n) is 3.29. The molecule has 0 radical (unpaired) electrons. The van der Waals surface area contributed by atoms with Crippen molar-refractivity contribution in [2.45, 2.75) is 26.3 Å². The number of hydrogen-bond donors (Lipinski definition) is 3. The van der Waals surface area contributed by atoms with Crippen LogP contribution in [-0.2, 0) is 0 Å². The van der Waals surface area contributed by atoms with Gasteiger partial charge in [0.05, 0.1) is 12.3 Å². The highest BCUT2D eigenvalue weighted by Crippen LogP contribution is 2.23. The molecule has 2 aromatic carbocycles. The molecule has 152 valence electrons. The van der Waals surface area contributed by atoms with E-state index in [2.05, 4.69) is 70.3 Å². The van der Waals surface area contributed by atoms with Gasteiger partial charge in [-0.05, 0) is 42.7 Å². The van der Waals surface area contributed by atoms with E-state index in [-0.39, 0.29) is 11.9 Å². The first-order valence-corrected chi connectivity index (χ1v) is 9.87. The second kappa shape index (κ2) is 9.78. The molecule has 3 N–H and O–H groups in total. The first kappa shape index (κ1) is 20.5. The molecule has 0 spiro atoms. The molecule has 29 heavy (non-hydrogen) atoms. The lowest BCUT2D eigenvalue weighted by Gasteiger charge is -2.20. The van der Waals surface area contributed by atoms with Crippen LogP contribution in [0.4, 0.5) is 0 Å². The molecular weight excluding hydrogens is 364 g/mol. The lowest BCUT2D eigenvalue weighted by Crippen LogP contribution is -2.40. The van der Waals surface area contributed by atoms with Gasteiger partial charge in [0.15, 0.2) is 11.7 Å². The molecule has 0 saturated heterocycles. The van der Waals surface area contributed by atoms with E-state index < -0.39 is 0 Å². The molecule has 0 saturated carbocycles. The fraction of sp³-hybridized carbons (Fsp3) is 0.304. The van der Waals surface area contributed by atoms with Gasteiger partial charge in [-0.25, -0.2) is 0 Å². The zero-order chi connectivity index (χ0) is 20.6. The van der Waals surface area contributed by atoms with Gasteiger partial charge in [-0.2, -0.15) is 0 Å². The van der Waals surface area contributed by atoms with E-state index in [1.165, 1.54) is 22.6 Å². The minimum Gasteiger partial charge on any atom is -0.459 e. The van der Waals surface area contributed by atoms with Crippen LogP contribution in [0.25, 0.3) is 10.8 Å². The number of amides is 1.